The Hall–Kier alpha value is -0.530. The van der Waals surface area contributed by atoms with Gasteiger partial charge in [0.15, 0.2) is 0 Å². The first-order chi connectivity index (χ1) is 5.37. The van der Waals surface area contributed by atoms with E-state index in [9.17, 15) is 4.79 Å². The molecule has 2 heteroatoms. The van der Waals surface area contributed by atoms with E-state index in [0.29, 0.717) is 12.0 Å². The van der Waals surface area contributed by atoms with Crippen LogP contribution in [0.5, 0.6) is 0 Å². The second-order valence-corrected chi connectivity index (χ2v) is 4.09. The van der Waals surface area contributed by atoms with E-state index in [1.54, 1.807) is 0 Å². The molecule has 0 aliphatic rings. The van der Waals surface area contributed by atoms with Gasteiger partial charge in [-0.15, -0.1) is 0 Å². The van der Waals surface area contributed by atoms with Crippen molar-refractivity contribution in [2.45, 2.75) is 40.7 Å². The van der Waals surface area contributed by atoms with Gasteiger partial charge in [0.05, 0.1) is 0 Å². The lowest BCUT2D eigenvalue weighted by molar-refractivity contribution is -0.135. The number of nitrogens with zero attached hydrogens (tertiary/aromatic N) is 1. The zero-order valence-electron chi connectivity index (χ0n) is 9.09. The minimum absolute atomic E-state index is 0.108. The maximum absolute atomic E-state index is 11.5. The standard InChI is InChI=1S/C10H21NO/c1-7(2)9(5)11(6)10(12)8(3)4/h7-9H,1-6H3/t9-/m0/s1. The molecule has 1 atom stereocenters. The third-order valence-electron chi connectivity index (χ3n) is 2.42. The summed E-state index contributed by atoms with van der Waals surface area (Å²) in [6, 6.07) is 0.333. The second kappa shape index (κ2) is 4.48. The van der Waals surface area contributed by atoms with Crippen LogP contribution in [0.15, 0.2) is 0 Å². The molecule has 0 saturated carbocycles. The number of carbonyl (C=O) groups is 1. The molecule has 0 bridgehead atoms. The van der Waals surface area contributed by atoms with Gasteiger partial charge in [-0.05, 0) is 12.8 Å². The van der Waals surface area contributed by atoms with Crippen molar-refractivity contribution in [3.05, 3.63) is 0 Å². The summed E-state index contributed by atoms with van der Waals surface area (Å²) in [5, 5.41) is 0. The first-order valence-corrected chi connectivity index (χ1v) is 4.64. The Morgan fingerprint density at radius 1 is 1.08 bits per heavy atom. The van der Waals surface area contributed by atoms with Gasteiger partial charge in [0.2, 0.25) is 5.91 Å². The second-order valence-electron chi connectivity index (χ2n) is 4.09. The molecule has 12 heavy (non-hydrogen) atoms. The van der Waals surface area contributed by atoms with E-state index in [1.165, 1.54) is 0 Å². The lowest BCUT2D eigenvalue weighted by atomic mass is 10.0. The van der Waals surface area contributed by atoms with Crippen LogP contribution in [0.3, 0.4) is 0 Å². The van der Waals surface area contributed by atoms with Crippen LogP contribution in [0.25, 0.3) is 0 Å². The van der Waals surface area contributed by atoms with Gasteiger partial charge in [-0.1, -0.05) is 27.7 Å². The van der Waals surface area contributed by atoms with Crippen LogP contribution < -0.4 is 0 Å². The highest BCUT2D eigenvalue weighted by atomic mass is 16.2. The van der Waals surface area contributed by atoms with E-state index in [-0.39, 0.29) is 11.8 Å². The molecule has 0 radical (unpaired) electrons. The number of amides is 1. The predicted octanol–water partition coefficient (Wildman–Crippen LogP) is 2.15. The molecule has 0 aliphatic carbocycles. The molecule has 0 saturated heterocycles. The van der Waals surface area contributed by atoms with Crippen molar-refractivity contribution in [2.75, 3.05) is 7.05 Å². The van der Waals surface area contributed by atoms with Crippen molar-refractivity contribution in [1.82, 2.24) is 4.90 Å². The van der Waals surface area contributed by atoms with Gasteiger partial charge >= 0.3 is 0 Å². The maximum Gasteiger partial charge on any atom is 0.225 e. The molecule has 0 aromatic heterocycles. The maximum atomic E-state index is 11.5. The van der Waals surface area contributed by atoms with Crippen LogP contribution >= 0.6 is 0 Å². The Labute approximate surface area is 75.9 Å². The molecule has 0 spiro atoms. The summed E-state index contributed by atoms with van der Waals surface area (Å²) >= 11 is 0. The van der Waals surface area contributed by atoms with E-state index in [1.807, 2.05) is 25.8 Å². The van der Waals surface area contributed by atoms with Crippen LogP contribution in [0.2, 0.25) is 0 Å². The average molecular weight is 171 g/mol. The monoisotopic (exact) mass is 171 g/mol. The van der Waals surface area contributed by atoms with Gasteiger partial charge in [0, 0.05) is 19.0 Å². The molecule has 0 heterocycles. The van der Waals surface area contributed by atoms with Gasteiger partial charge < -0.3 is 4.90 Å². The Bertz CT molecular complexity index is 152. The molecule has 1 amide bonds. The lowest BCUT2D eigenvalue weighted by Gasteiger charge is -2.29. The summed E-state index contributed by atoms with van der Waals surface area (Å²) in [5.74, 6) is 0.866. The summed E-state index contributed by atoms with van der Waals surface area (Å²) in [6.07, 6.45) is 0. The number of hydrogen-bond donors (Lipinski definition) is 0. The van der Waals surface area contributed by atoms with Crippen LogP contribution in [0.4, 0.5) is 0 Å². The van der Waals surface area contributed by atoms with Crippen molar-refractivity contribution in [3.63, 3.8) is 0 Å². The molecule has 0 rings (SSSR count). The Kier molecular flexibility index (Phi) is 4.29. The van der Waals surface area contributed by atoms with Crippen molar-refractivity contribution < 1.29 is 4.79 Å². The molecule has 2 nitrogen and oxygen atoms in total. The molecule has 72 valence electrons. The first kappa shape index (κ1) is 11.5. The van der Waals surface area contributed by atoms with Crippen LogP contribution in [0.1, 0.15) is 34.6 Å². The summed E-state index contributed by atoms with van der Waals surface area (Å²) in [7, 11) is 1.88. The normalized spacial score (nSPS) is 13.7. The van der Waals surface area contributed by atoms with E-state index in [4.69, 9.17) is 0 Å². The molecule has 0 aliphatic heterocycles. The van der Waals surface area contributed by atoms with Crippen LogP contribution in [0, 0.1) is 11.8 Å². The zero-order chi connectivity index (χ0) is 9.89. The fourth-order valence-electron chi connectivity index (χ4n) is 1.06. The zero-order valence-corrected chi connectivity index (χ0v) is 9.09. The highest BCUT2D eigenvalue weighted by Gasteiger charge is 2.20. The Morgan fingerprint density at radius 3 is 1.75 bits per heavy atom. The number of rotatable bonds is 3. The Balaban J connectivity index is 4.19. The van der Waals surface area contributed by atoms with E-state index in [0.717, 1.165) is 0 Å². The average Bonchev–Trinajstić information content (AvgIpc) is 2.00. The quantitative estimate of drug-likeness (QED) is 0.637. The molecule has 0 aromatic carbocycles. The molecule has 0 aromatic rings. The van der Waals surface area contributed by atoms with Gasteiger partial charge in [0.1, 0.15) is 0 Å². The highest BCUT2D eigenvalue weighted by Crippen LogP contribution is 2.10. The largest absolute Gasteiger partial charge is 0.343 e. The van der Waals surface area contributed by atoms with Gasteiger partial charge in [0.25, 0.3) is 0 Å². The fourth-order valence-corrected chi connectivity index (χ4v) is 1.06. The third kappa shape index (κ3) is 2.84. The topological polar surface area (TPSA) is 20.3 Å². The number of hydrogen-bond acceptors (Lipinski definition) is 1. The predicted molar refractivity (Wildman–Crippen MR) is 51.9 cm³/mol. The van der Waals surface area contributed by atoms with E-state index < -0.39 is 0 Å². The van der Waals surface area contributed by atoms with Crippen molar-refractivity contribution in [3.8, 4) is 0 Å². The Morgan fingerprint density at radius 2 is 1.50 bits per heavy atom. The summed E-state index contributed by atoms with van der Waals surface area (Å²) in [6.45, 7) is 10.2. The minimum atomic E-state index is 0.108. The molecule has 0 fully saturated rings. The lowest BCUT2D eigenvalue weighted by Crippen LogP contribution is -2.40. The SMILES string of the molecule is CC(C)C(=O)N(C)[C@@H](C)C(C)C. The van der Waals surface area contributed by atoms with E-state index >= 15 is 0 Å². The van der Waals surface area contributed by atoms with E-state index in [2.05, 4.69) is 20.8 Å². The summed E-state index contributed by atoms with van der Waals surface area (Å²) in [5.41, 5.74) is 0. The third-order valence-corrected chi connectivity index (χ3v) is 2.42. The van der Waals surface area contributed by atoms with Gasteiger partial charge in [-0.2, -0.15) is 0 Å². The van der Waals surface area contributed by atoms with Gasteiger partial charge in [-0.3, -0.25) is 4.79 Å². The van der Waals surface area contributed by atoms with Gasteiger partial charge in [-0.25, -0.2) is 0 Å². The number of carbonyl (C=O) groups excluding carboxylic acids is 1. The van der Waals surface area contributed by atoms with Crippen LogP contribution in [-0.2, 0) is 4.79 Å². The van der Waals surface area contributed by atoms with Crippen molar-refractivity contribution >= 4 is 5.91 Å². The van der Waals surface area contributed by atoms with Crippen molar-refractivity contribution in [1.29, 1.82) is 0 Å². The fraction of sp³-hybridized carbons (Fsp3) is 0.900. The molecular weight excluding hydrogens is 150 g/mol. The summed E-state index contributed by atoms with van der Waals surface area (Å²) < 4.78 is 0. The minimum Gasteiger partial charge on any atom is -0.343 e. The molecule has 0 unspecified atom stereocenters. The smallest absolute Gasteiger partial charge is 0.225 e. The van der Waals surface area contributed by atoms with Crippen LogP contribution in [-0.4, -0.2) is 23.9 Å². The summed E-state index contributed by atoms with van der Waals surface area (Å²) in [4.78, 5) is 13.4. The molecular formula is C10H21NO. The first-order valence-electron chi connectivity index (χ1n) is 4.64. The highest BCUT2D eigenvalue weighted by molar-refractivity contribution is 5.78. The molecule has 0 N–H and O–H groups in total. The van der Waals surface area contributed by atoms with Crippen molar-refractivity contribution in [2.24, 2.45) is 11.8 Å².